The predicted octanol–water partition coefficient (Wildman–Crippen LogP) is 6.52. The molecule has 6 heteroatoms. The molecule has 4 nitrogen and oxygen atoms in total. The van der Waals surface area contributed by atoms with Gasteiger partial charge in [0.05, 0.1) is 0 Å². The van der Waals surface area contributed by atoms with E-state index in [0.717, 1.165) is 41.7 Å². The molecule has 1 aliphatic carbocycles. The van der Waals surface area contributed by atoms with Gasteiger partial charge in [0, 0.05) is 41.1 Å². The molecule has 3 aromatic carbocycles. The van der Waals surface area contributed by atoms with Gasteiger partial charge in [-0.3, -0.25) is 9.59 Å². The third-order valence-electron chi connectivity index (χ3n) is 6.54. The fourth-order valence-corrected chi connectivity index (χ4v) is 5.74. The Hall–Kier alpha value is -2.76. The molecule has 1 atom stereocenters. The second kappa shape index (κ2) is 13.5. The normalized spacial score (nSPS) is 14.4. The van der Waals surface area contributed by atoms with Crippen LogP contribution < -0.4 is 5.32 Å². The summed E-state index contributed by atoms with van der Waals surface area (Å²) in [5.41, 5.74) is 1.95. The molecular formula is C30H33ClN2O2S. The van der Waals surface area contributed by atoms with E-state index in [1.807, 2.05) is 84.9 Å². The van der Waals surface area contributed by atoms with Crippen LogP contribution in [0.25, 0.3) is 0 Å². The summed E-state index contributed by atoms with van der Waals surface area (Å²) in [4.78, 5) is 30.3. The smallest absolute Gasteiger partial charge is 0.243 e. The Morgan fingerprint density at radius 1 is 0.917 bits per heavy atom. The molecule has 36 heavy (non-hydrogen) atoms. The van der Waals surface area contributed by atoms with Gasteiger partial charge in [0.25, 0.3) is 0 Å². The summed E-state index contributed by atoms with van der Waals surface area (Å²) in [5, 5.41) is 3.87. The van der Waals surface area contributed by atoms with Crippen molar-refractivity contribution >= 4 is 35.2 Å². The first-order chi connectivity index (χ1) is 17.6. The lowest BCUT2D eigenvalue weighted by molar-refractivity contribution is -0.141. The number of halogens is 1. The monoisotopic (exact) mass is 520 g/mol. The van der Waals surface area contributed by atoms with Crippen LogP contribution in [0.2, 0.25) is 5.02 Å². The van der Waals surface area contributed by atoms with Crippen LogP contribution >= 0.6 is 23.4 Å². The number of carbonyl (C=O) groups is 2. The third-order valence-corrected chi connectivity index (χ3v) is 7.79. The number of hydrogen-bond acceptors (Lipinski definition) is 3. The molecule has 0 bridgehead atoms. The Morgan fingerprint density at radius 3 is 2.28 bits per heavy atom. The van der Waals surface area contributed by atoms with Crippen LogP contribution in [0.1, 0.15) is 43.2 Å². The number of rotatable bonds is 11. The van der Waals surface area contributed by atoms with Crippen LogP contribution in [-0.4, -0.2) is 34.6 Å². The molecule has 0 spiro atoms. The SMILES string of the molecule is O=C(NC1CCCC1)C(Cc1ccccc1)N(Cc1cccc(Cl)c1)C(=O)CCSc1ccccc1. The molecule has 0 heterocycles. The van der Waals surface area contributed by atoms with Crippen LogP contribution in [0.4, 0.5) is 0 Å². The summed E-state index contributed by atoms with van der Waals surface area (Å²) in [5.74, 6) is 0.551. The Balaban J connectivity index is 1.56. The second-order valence-electron chi connectivity index (χ2n) is 9.26. The molecule has 1 aliphatic rings. The van der Waals surface area contributed by atoms with Crippen molar-refractivity contribution in [2.24, 2.45) is 0 Å². The van der Waals surface area contributed by atoms with Crippen molar-refractivity contribution in [2.45, 2.75) is 62.0 Å². The van der Waals surface area contributed by atoms with Gasteiger partial charge in [0.15, 0.2) is 0 Å². The number of nitrogens with zero attached hydrogens (tertiary/aromatic N) is 1. The van der Waals surface area contributed by atoms with Gasteiger partial charge in [0.1, 0.15) is 6.04 Å². The largest absolute Gasteiger partial charge is 0.352 e. The molecule has 1 fully saturated rings. The lowest BCUT2D eigenvalue weighted by Gasteiger charge is -2.32. The van der Waals surface area contributed by atoms with Gasteiger partial charge in [-0.15, -0.1) is 11.8 Å². The molecule has 2 amide bonds. The van der Waals surface area contributed by atoms with E-state index in [9.17, 15) is 9.59 Å². The predicted molar refractivity (Wildman–Crippen MR) is 148 cm³/mol. The quantitative estimate of drug-likeness (QED) is 0.293. The third kappa shape index (κ3) is 7.87. The standard InChI is InChI=1S/C30H33ClN2O2S/c31-25-13-9-12-24(20-25)22-33(29(34)18-19-36-27-16-5-2-6-17-27)28(21-23-10-3-1-4-11-23)30(35)32-26-14-7-8-15-26/h1-6,9-13,16-17,20,26,28H,7-8,14-15,18-19,21-22H2,(H,32,35). The Labute approximate surface area is 223 Å². The minimum absolute atomic E-state index is 0.0269. The van der Waals surface area contributed by atoms with E-state index in [1.165, 1.54) is 0 Å². The van der Waals surface area contributed by atoms with Crippen molar-refractivity contribution in [2.75, 3.05) is 5.75 Å². The maximum absolute atomic E-state index is 13.7. The van der Waals surface area contributed by atoms with Gasteiger partial charge in [-0.25, -0.2) is 0 Å². The first kappa shape index (κ1) is 26.3. The maximum Gasteiger partial charge on any atom is 0.243 e. The highest BCUT2D eigenvalue weighted by Gasteiger charge is 2.32. The zero-order valence-corrected chi connectivity index (χ0v) is 22.0. The topological polar surface area (TPSA) is 49.4 Å². The van der Waals surface area contributed by atoms with E-state index < -0.39 is 6.04 Å². The lowest BCUT2D eigenvalue weighted by atomic mass is 10.0. The molecule has 0 aromatic heterocycles. The summed E-state index contributed by atoms with van der Waals surface area (Å²) in [6.45, 7) is 0.338. The molecule has 0 aliphatic heterocycles. The average molecular weight is 521 g/mol. The fourth-order valence-electron chi connectivity index (χ4n) is 4.67. The molecule has 4 rings (SSSR count). The molecule has 0 radical (unpaired) electrons. The van der Waals surface area contributed by atoms with Crippen LogP contribution in [-0.2, 0) is 22.6 Å². The first-order valence-corrected chi connectivity index (χ1v) is 14.0. The summed E-state index contributed by atoms with van der Waals surface area (Å²) in [6, 6.07) is 27.1. The molecule has 1 unspecified atom stereocenters. The number of carbonyl (C=O) groups excluding carboxylic acids is 2. The van der Waals surface area contributed by atoms with Crippen molar-refractivity contribution in [1.29, 1.82) is 0 Å². The molecule has 1 N–H and O–H groups in total. The van der Waals surface area contributed by atoms with Gasteiger partial charge in [-0.1, -0.05) is 85.1 Å². The van der Waals surface area contributed by atoms with Crippen LogP contribution in [0, 0.1) is 0 Å². The van der Waals surface area contributed by atoms with Crippen molar-refractivity contribution in [3.63, 3.8) is 0 Å². The minimum Gasteiger partial charge on any atom is -0.352 e. The van der Waals surface area contributed by atoms with Crippen LogP contribution in [0.15, 0.2) is 89.8 Å². The number of thioether (sulfide) groups is 1. The van der Waals surface area contributed by atoms with E-state index in [0.29, 0.717) is 30.2 Å². The molecular weight excluding hydrogens is 488 g/mol. The second-order valence-corrected chi connectivity index (χ2v) is 10.9. The lowest BCUT2D eigenvalue weighted by Crippen LogP contribution is -2.52. The number of amides is 2. The van der Waals surface area contributed by atoms with Crippen LogP contribution in [0.5, 0.6) is 0 Å². The van der Waals surface area contributed by atoms with E-state index >= 15 is 0 Å². The van der Waals surface area contributed by atoms with Gasteiger partial charge in [0.2, 0.25) is 11.8 Å². The first-order valence-electron chi connectivity index (χ1n) is 12.6. The Bertz CT molecular complexity index is 1120. The van der Waals surface area contributed by atoms with Gasteiger partial charge in [-0.2, -0.15) is 0 Å². The molecule has 1 saturated carbocycles. The van der Waals surface area contributed by atoms with Gasteiger partial charge < -0.3 is 10.2 Å². The minimum atomic E-state index is -0.596. The molecule has 188 valence electrons. The zero-order valence-electron chi connectivity index (χ0n) is 20.4. The fraction of sp³-hybridized carbons (Fsp3) is 0.333. The van der Waals surface area contributed by atoms with E-state index in [-0.39, 0.29) is 17.9 Å². The number of benzene rings is 3. The van der Waals surface area contributed by atoms with Crippen molar-refractivity contribution in [1.82, 2.24) is 10.2 Å². The van der Waals surface area contributed by atoms with Gasteiger partial charge >= 0.3 is 0 Å². The Morgan fingerprint density at radius 2 is 1.58 bits per heavy atom. The summed E-state index contributed by atoms with van der Waals surface area (Å²) in [6.07, 6.45) is 5.09. The highest BCUT2D eigenvalue weighted by Crippen LogP contribution is 2.23. The van der Waals surface area contributed by atoms with Crippen molar-refractivity contribution in [3.05, 3.63) is 101 Å². The van der Waals surface area contributed by atoms with E-state index in [1.54, 1.807) is 16.7 Å². The highest BCUT2D eigenvalue weighted by atomic mass is 35.5. The maximum atomic E-state index is 13.7. The molecule has 3 aromatic rings. The zero-order chi connectivity index (χ0) is 25.2. The van der Waals surface area contributed by atoms with Crippen molar-refractivity contribution < 1.29 is 9.59 Å². The summed E-state index contributed by atoms with van der Waals surface area (Å²) < 4.78 is 0. The van der Waals surface area contributed by atoms with Crippen molar-refractivity contribution in [3.8, 4) is 0 Å². The average Bonchev–Trinajstić information content (AvgIpc) is 3.40. The van der Waals surface area contributed by atoms with E-state index in [2.05, 4.69) is 5.32 Å². The summed E-state index contributed by atoms with van der Waals surface area (Å²) in [7, 11) is 0. The Kier molecular flexibility index (Phi) is 9.88. The summed E-state index contributed by atoms with van der Waals surface area (Å²) >= 11 is 7.91. The van der Waals surface area contributed by atoms with Crippen LogP contribution in [0.3, 0.4) is 0 Å². The number of nitrogens with one attached hydrogen (secondary N) is 1. The number of hydrogen-bond donors (Lipinski definition) is 1. The highest BCUT2D eigenvalue weighted by molar-refractivity contribution is 7.99. The van der Waals surface area contributed by atoms with E-state index in [4.69, 9.17) is 11.6 Å². The van der Waals surface area contributed by atoms with Gasteiger partial charge in [-0.05, 0) is 48.2 Å². The molecule has 0 saturated heterocycles.